The summed E-state index contributed by atoms with van der Waals surface area (Å²) in [7, 11) is 1.35. The smallest absolute Gasteiger partial charge is 0.337 e. The normalized spacial score (nSPS) is 12.6. The first-order chi connectivity index (χ1) is 22.8. The molecule has 5 aromatic carbocycles. The van der Waals surface area contributed by atoms with Crippen molar-refractivity contribution in [1.82, 2.24) is 4.98 Å². The molecule has 0 aliphatic heterocycles. The third-order valence-electron chi connectivity index (χ3n) is 7.92. The van der Waals surface area contributed by atoms with Crippen molar-refractivity contribution in [3.05, 3.63) is 150 Å². The fraction of sp³-hybridized carbons (Fsp3) is 0.105. The summed E-state index contributed by atoms with van der Waals surface area (Å²) < 4.78 is 31.1. The maximum atomic E-state index is 13.3. The number of nitrogens with zero attached hydrogens (tertiary/aromatic N) is 1. The van der Waals surface area contributed by atoms with Crippen molar-refractivity contribution in [2.24, 2.45) is 0 Å². The number of aliphatic hydroxyl groups excluding tert-OH is 1. The van der Waals surface area contributed by atoms with Crippen LogP contribution in [0.25, 0.3) is 33.0 Å². The second-order valence-corrected chi connectivity index (χ2v) is 13.8. The Kier molecular flexibility index (Phi) is 10.0. The van der Waals surface area contributed by atoms with Crippen molar-refractivity contribution >= 4 is 39.1 Å². The Bertz CT molecular complexity index is 1980. The number of ether oxygens (including phenoxy) is 1. The lowest BCUT2D eigenvalue weighted by molar-refractivity contribution is -0.0413. The van der Waals surface area contributed by atoms with E-state index in [1.807, 2.05) is 97.1 Å². The van der Waals surface area contributed by atoms with Gasteiger partial charge in [-0.25, -0.2) is 4.79 Å². The number of methoxy groups -OCH3 is 1. The summed E-state index contributed by atoms with van der Waals surface area (Å²) in [6.45, 7) is 0. The molecule has 9 heteroatoms. The molecule has 6 rings (SSSR count). The number of aromatic nitrogens is 1. The Morgan fingerprint density at radius 2 is 1.21 bits per heavy atom. The molecule has 1 aromatic heterocycles. The molecule has 0 bridgehead atoms. The molecule has 0 saturated heterocycles. The van der Waals surface area contributed by atoms with Gasteiger partial charge in [0, 0.05) is 22.9 Å². The average Bonchev–Trinajstić information content (AvgIpc) is 3.11. The number of rotatable bonds is 10. The number of esters is 1. The Balaban J connectivity index is 1.08. The van der Waals surface area contributed by atoms with Crippen molar-refractivity contribution < 1.29 is 28.8 Å². The van der Waals surface area contributed by atoms with Gasteiger partial charge in [0.25, 0.3) is 0 Å². The molecule has 0 fully saturated rings. The number of hydrogen-bond acceptors (Lipinski definition) is 7. The Hall–Kier alpha value is -4.48. The van der Waals surface area contributed by atoms with Crippen molar-refractivity contribution in [1.29, 1.82) is 0 Å². The van der Waals surface area contributed by atoms with Gasteiger partial charge in [0.2, 0.25) is 0 Å². The second kappa shape index (κ2) is 14.5. The first-order valence-corrected chi connectivity index (χ1v) is 17.4. The summed E-state index contributed by atoms with van der Waals surface area (Å²) >= 11 is -2.59. The fourth-order valence-corrected chi connectivity index (χ4v) is 7.56. The molecule has 2 atom stereocenters. The summed E-state index contributed by atoms with van der Waals surface area (Å²) in [6.07, 6.45) is 0.172. The molecule has 6 aromatic rings. The topological polar surface area (TPSA) is 126 Å². The lowest BCUT2D eigenvalue weighted by atomic mass is 10.00. The number of pyridine rings is 1. The van der Waals surface area contributed by atoms with Crippen LogP contribution in [-0.2, 0) is 38.6 Å². The molecule has 0 spiro atoms. The van der Waals surface area contributed by atoms with Gasteiger partial charge in [-0.3, -0.25) is 4.98 Å². The van der Waals surface area contributed by atoms with Crippen molar-refractivity contribution in [3.8, 4) is 22.3 Å². The maximum absolute atomic E-state index is 13.3. The number of hydrogen-bond donors (Lipinski definition) is 2. The van der Waals surface area contributed by atoms with Crippen LogP contribution < -0.4 is 0 Å². The quantitative estimate of drug-likeness (QED) is 0.0924. The molecule has 1 heterocycles. The fourth-order valence-electron chi connectivity index (χ4n) is 5.37. The maximum Gasteiger partial charge on any atom is 0.337 e. The van der Waals surface area contributed by atoms with Gasteiger partial charge in [0.05, 0.1) is 18.4 Å². The van der Waals surface area contributed by atoms with Gasteiger partial charge in [-0.2, -0.15) is 0 Å². The lowest BCUT2D eigenvalue weighted by Crippen LogP contribution is -2.07. The third-order valence-corrected chi connectivity index (χ3v) is 10.7. The average molecular weight is 662 g/mol. The van der Waals surface area contributed by atoms with E-state index in [0.717, 1.165) is 38.6 Å². The third kappa shape index (κ3) is 7.41. The minimum Gasteiger partial charge on any atom is -0.611 e. The highest BCUT2D eigenvalue weighted by atomic mass is 32.2. The van der Waals surface area contributed by atoms with E-state index in [1.54, 1.807) is 30.5 Å². The molecular formula is C38H31NO6S2. The van der Waals surface area contributed by atoms with E-state index in [9.17, 15) is 24.1 Å². The standard InChI is InChI=1S/C38H31NO6S2/c1-45-38(42)28-8-6-25(7-9-28)26-11-17-33(18-12-26)47(44)24-31-16-10-29(22-39-31)27-13-19-32(20-14-27)46(43)23-30-15-21-36(37(40)41)35-5-3-2-4-34(30)35/h2-22,37,40-41H,23-24H2,1H3. The number of carbonyl (C=O) groups is 1. The second-order valence-electron chi connectivity index (χ2n) is 10.9. The lowest BCUT2D eigenvalue weighted by Gasteiger charge is -2.15. The summed E-state index contributed by atoms with van der Waals surface area (Å²) in [6, 6.07) is 36.9. The molecule has 7 nitrogen and oxygen atoms in total. The Morgan fingerprint density at radius 1 is 0.681 bits per heavy atom. The number of fused-ring (bicyclic) bond motifs is 1. The predicted octanol–water partition coefficient (Wildman–Crippen LogP) is 6.95. The van der Waals surface area contributed by atoms with Crippen LogP contribution in [-0.4, -0.2) is 37.4 Å². The summed E-state index contributed by atoms with van der Waals surface area (Å²) in [5.41, 5.74) is 6.18. The zero-order valence-electron chi connectivity index (χ0n) is 25.4. The van der Waals surface area contributed by atoms with Crippen molar-refractivity contribution in [2.45, 2.75) is 27.6 Å². The number of aliphatic hydroxyl groups is 2. The largest absolute Gasteiger partial charge is 0.611 e. The molecule has 0 radical (unpaired) electrons. The number of carbonyl (C=O) groups excluding carboxylic acids is 1. The molecule has 236 valence electrons. The van der Waals surface area contributed by atoms with E-state index >= 15 is 0 Å². The molecule has 2 N–H and O–H groups in total. The monoisotopic (exact) mass is 661 g/mol. The van der Waals surface area contributed by atoms with Gasteiger partial charge in [0.1, 0.15) is 5.75 Å². The minimum atomic E-state index is -1.58. The van der Waals surface area contributed by atoms with Crippen molar-refractivity contribution in [2.75, 3.05) is 7.11 Å². The van der Waals surface area contributed by atoms with E-state index in [0.29, 0.717) is 32.4 Å². The van der Waals surface area contributed by atoms with Crippen LogP contribution in [0, 0.1) is 0 Å². The van der Waals surface area contributed by atoms with E-state index in [4.69, 9.17) is 4.74 Å². The molecule has 47 heavy (non-hydrogen) atoms. The van der Waals surface area contributed by atoms with Gasteiger partial charge >= 0.3 is 5.97 Å². The highest BCUT2D eigenvalue weighted by Gasteiger charge is 2.18. The first-order valence-electron chi connectivity index (χ1n) is 14.8. The summed E-state index contributed by atoms with van der Waals surface area (Å²) in [5, 5.41) is 21.0. The van der Waals surface area contributed by atoms with E-state index in [-0.39, 0.29) is 11.7 Å². The van der Waals surface area contributed by atoms with E-state index in [2.05, 4.69) is 4.98 Å². The van der Waals surface area contributed by atoms with Crippen molar-refractivity contribution in [3.63, 3.8) is 0 Å². The van der Waals surface area contributed by atoms with Crippen LogP contribution >= 0.6 is 0 Å². The van der Waals surface area contributed by atoms with Gasteiger partial charge < -0.3 is 24.1 Å². The highest BCUT2D eigenvalue weighted by molar-refractivity contribution is 7.91. The Morgan fingerprint density at radius 3 is 1.77 bits per heavy atom. The van der Waals surface area contributed by atoms with Gasteiger partial charge in [-0.15, -0.1) is 0 Å². The van der Waals surface area contributed by atoms with E-state index < -0.39 is 28.6 Å². The van der Waals surface area contributed by atoms with Crippen LogP contribution in [0.2, 0.25) is 0 Å². The van der Waals surface area contributed by atoms with Gasteiger partial charge in [-0.05, 0) is 117 Å². The minimum absolute atomic E-state index is 0.276. The number of benzene rings is 5. The van der Waals surface area contributed by atoms with Crippen LogP contribution in [0.4, 0.5) is 0 Å². The van der Waals surface area contributed by atoms with E-state index in [1.165, 1.54) is 7.11 Å². The Labute approximate surface area is 278 Å². The molecule has 0 amide bonds. The molecule has 0 aliphatic carbocycles. The zero-order chi connectivity index (χ0) is 32.9. The summed E-state index contributed by atoms with van der Waals surface area (Å²) in [4.78, 5) is 17.6. The van der Waals surface area contributed by atoms with Crippen LogP contribution in [0.3, 0.4) is 0 Å². The molecule has 0 aliphatic rings. The van der Waals surface area contributed by atoms with Crippen LogP contribution in [0.15, 0.2) is 137 Å². The van der Waals surface area contributed by atoms with Gasteiger partial charge in [-0.1, -0.05) is 54.6 Å². The zero-order valence-corrected chi connectivity index (χ0v) is 27.0. The molecule has 0 saturated carbocycles. The highest BCUT2D eigenvalue weighted by Crippen LogP contribution is 2.30. The van der Waals surface area contributed by atoms with Crippen LogP contribution in [0.1, 0.15) is 33.5 Å². The SMILES string of the molecule is COC(=O)c1ccc(-c2ccc([S+]([O-])Cc3ccc(-c4ccc([S+]([O-])Cc5ccc(C(O)O)c6ccccc56)cc4)cn3)cc2)cc1. The molecular weight excluding hydrogens is 631 g/mol. The van der Waals surface area contributed by atoms with Crippen LogP contribution in [0.5, 0.6) is 0 Å². The predicted molar refractivity (Wildman–Crippen MR) is 184 cm³/mol. The van der Waals surface area contributed by atoms with Gasteiger partial charge in [0.15, 0.2) is 21.8 Å². The molecule has 2 unspecified atom stereocenters. The first kappa shape index (κ1) is 32.5. The summed E-state index contributed by atoms with van der Waals surface area (Å²) in [5.74, 6) is 0.187.